The van der Waals surface area contributed by atoms with Crippen molar-refractivity contribution in [2.45, 2.75) is 31.6 Å². The van der Waals surface area contributed by atoms with Gasteiger partial charge in [-0.25, -0.2) is 4.99 Å². The molecule has 2 heterocycles. The Hall–Kier alpha value is -1.72. The van der Waals surface area contributed by atoms with Crippen molar-refractivity contribution in [3.8, 4) is 0 Å². The number of hydrogen-bond acceptors (Lipinski definition) is 4. The third-order valence-corrected chi connectivity index (χ3v) is 6.90. The van der Waals surface area contributed by atoms with Crippen LogP contribution in [-0.4, -0.2) is 22.1 Å². The summed E-state index contributed by atoms with van der Waals surface area (Å²) < 4.78 is 0.991. The Labute approximate surface area is 156 Å². The van der Waals surface area contributed by atoms with Gasteiger partial charge in [0, 0.05) is 17.5 Å². The molecule has 1 atom stereocenters. The van der Waals surface area contributed by atoms with Crippen LogP contribution in [0.1, 0.15) is 24.5 Å². The molecule has 2 aromatic carbocycles. The second-order valence-electron chi connectivity index (χ2n) is 6.36. The molecule has 0 fully saturated rings. The molecule has 1 unspecified atom stereocenters. The van der Waals surface area contributed by atoms with Crippen LogP contribution in [-0.2, 0) is 17.0 Å². The smallest absolute Gasteiger partial charge is 0.237 e. The number of thioether (sulfide) groups is 2. The van der Waals surface area contributed by atoms with Crippen LogP contribution in [0.3, 0.4) is 0 Å². The summed E-state index contributed by atoms with van der Waals surface area (Å²) in [4.78, 5) is 19.6. The fourth-order valence-corrected chi connectivity index (χ4v) is 5.27. The number of rotatable bonds is 2. The topological polar surface area (TPSA) is 32.7 Å². The van der Waals surface area contributed by atoms with Crippen LogP contribution in [0.15, 0.2) is 53.5 Å². The quantitative estimate of drug-likeness (QED) is 0.746. The number of fused-ring (bicyclic) bond motifs is 2. The van der Waals surface area contributed by atoms with Crippen molar-refractivity contribution < 1.29 is 4.79 Å². The number of amides is 1. The van der Waals surface area contributed by atoms with Gasteiger partial charge in [-0.2, -0.15) is 0 Å². The van der Waals surface area contributed by atoms with Gasteiger partial charge in [0.25, 0.3) is 0 Å². The van der Waals surface area contributed by atoms with Crippen molar-refractivity contribution in [3.63, 3.8) is 0 Å². The molecular weight excluding hydrogens is 348 g/mol. The average Bonchev–Trinajstić information content (AvgIpc) is 2.66. The van der Waals surface area contributed by atoms with Crippen molar-refractivity contribution in [3.05, 3.63) is 59.7 Å². The number of aryl methyl sites for hydroxylation is 1. The second-order valence-corrected chi connectivity index (χ2v) is 8.55. The first kappa shape index (κ1) is 16.7. The maximum Gasteiger partial charge on any atom is 0.237 e. The molecule has 2 aliphatic heterocycles. The van der Waals surface area contributed by atoms with Gasteiger partial charge in [0.2, 0.25) is 5.91 Å². The Morgan fingerprint density at radius 2 is 1.96 bits per heavy atom. The van der Waals surface area contributed by atoms with E-state index in [4.69, 9.17) is 4.99 Å². The fourth-order valence-electron chi connectivity index (χ4n) is 3.35. The van der Waals surface area contributed by atoms with E-state index in [0.717, 1.165) is 34.3 Å². The van der Waals surface area contributed by atoms with E-state index in [1.165, 1.54) is 11.1 Å². The van der Waals surface area contributed by atoms with E-state index in [0.29, 0.717) is 5.75 Å². The Morgan fingerprint density at radius 3 is 2.84 bits per heavy atom. The number of carbonyl (C=O) groups excluding carboxylic acids is 1. The molecule has 128 valence electrons. The van der Waals surface area contributed by atoms with Crippen molar-refractivity contribution in [1.82, 2.24) is 0 Å². The highest BCUT2D eigenvalue weighted by Crippen LogP contribution is 2.35. The number of benzene rings is 2. The summed E-state index contributed by atoms with van der Waals surface area (Å²) >= 11 is 3.28. The Morgan fingerprint density at radius 1 is 1.20 bits per heavy atom. The van der Waals surface area contributed by atoms with Gasteiger partial charge in [-0.15, -0.1) is 0 Å². The summed E-state index contributed by atoms with van der Waals surface area (Å²) in [5.41, 5.74) is 4.65. The first-order valence-electron chi connectivity index (χ1n) is 8.54. The third kappa shape index (κ3) is 3.48. The van der Waals surface area contributed by atoms with Crippen LogP contribution < -0.4 is 4.90 Å². The highest BCUT2D eigenvalue weighted by molar-refractivity contribution is 8.38. The molecule has 4 rings (SSSR count). The molecule has 25 heavy (non-hydrogen) atoms. The largest absolute Gasteiger partial charge is 0.309 e. The van der Waals surface area contributed by atoms with E-state index in [2.05, 4.69) is 31.2 Å². The molecule has 0 N–H and O–H groups in total. The maximum absolute atomic E-state index is 12.9. The molecule has 1 amide bonds. The lowest BCUT2D eigenvalue weighted by Crippen LogP contribution is -2.43. The molecule has 0 aliphatic carbocycles. The van der Waals surface area contributed by atoms with Gasteiger partial charge < -0.3 is 4.90 Å². The summed E-state index contributed by atoms with van der Waals surface area (Å²) in [6.45, 7) is 2.14. The van der Waals surface area contributed by atoms with Gasteiger partial charge in [0.15, 0.2) is 0 Å². The lowest BCUT2D eigenvalue weighted by Gasteiger charge is -2.35. The van der Waals surface area contributed by atoms with Crippen molar-refractivity contribution in [2.24, 2.45) is 4.99 Å². The number of anilines is 1. The summed E-state index contributed by atoms with van der Waals surface area (Å²) in [6.07, 6.45) is 2.07. The van der Waals surface area contributed by atoms with Crippen LogP contribution in [0.2, 0.25) is 0 Å². The van der Waals surface area contributed by atoms with E-state index in [1.807, 2.05) is 29.2 Å². The minimum absolute atomic E-state index is 0.173. The lowest BCUT2D eigenvalue weighted by atomic mass is 9.97. The normalized spacial score (nSPS) is 19.0. The fraction of sp³-hybridized carbons (Fsp3) is 0.300. The second kappa shape index (κ2) is 7.26. The molecular formula is C20H20N2OS2. The molecule has 0 saturated heterocycles. The maximum atomic E-state index is 12.9. The van der Waals surface area contributed by atoms with E-state index in [1.54, 1.807) is 23.5 Å². The van der Waals surface area contributed by atoms with E-state index >= 15 is 0 Å². The van der Waals surface area contributed by atoms with Crippen molar-refractivity contribution in [2.75, 3.05) is 10.7 Å². The third-order valence-electron chi connectivity index (χ3n) is 4.67. The van der Waals surface area contributed by atoms with Gasteiger partial charge in [0.1, 0.15) is 4.38 Å². The van der Waals surface area contributed by atoms with Crippen molar-refractivity contribution >= 4 is 45.2 Å². The van der Waals surface area contributed by atoms with Crippen LogP contribution in [0, 0.1) is 0 Å². The molecule has 0 spiro atoms. The van der Waals surface area contributed by atoms with Gasteiger partial charge in [-0.3, -0.25) is 4.79 Å². The van der Waals surface area contributed by atoms with Gasteiger partial charge in [-0.1, -0.05) is 59.9 Å². The monoisotopic (exact) mass is 368 g/mol. The molecule has 2 aliphatic rings. The number of para-hydroxylation sites is 2. The van der Waals surface area contributed by atoms with E-state index < -0.39 is 0 Å². The Bertz CT molecular complexity index is 834. The zero-order valence-corrected chi connectivity index (χ0v) is 15.8. The highest BCUT2D eigenvalue weighted by atomic mass is 32.2. The molecule has 0 bridgehead atoms. The van der Waals surface area contributed by atoms with Gasteiger partial charge in [0.05, 0.1) is 11.4 Å². The minimum Gasteiger partial charge on any atom is -0.309 e. The lowest BCUT2D eigenvalue weighted by molar-refractivity contribution is -0.116. The Balaban J connectivity index is 1.47. The first-order valence-corrected chi connectivity index (χ1v) is 10.5. The zero-order chi connectivity index (χ0) is 17.2. The first-order chi connectivity index (χ1) is 12.2. The number of aliphatic imine (C=N–C) groups is 1. The number of carbonyl (C=O) groups is 1. The van der Waals surface area contributed by atoms with Gasteiger partial charge in [-0.05, 0) is 43.0 Å². The summed E-state index contributed by atoms with van der Waals surface area (Å²) in [5.74, 6) is 1.54. The van der Waals surface area contributed by atoms with Gasteiger partial charge >= 0.3 is 0 Å². The summed E-state index contributed by atoms with van der Waals surface area (Å²) in [6, 6.07) is 16.7. The zero-order valence-electron chi connectivity index (χ0n) is 14.1. The average molecular weight is 369 g/mol. The molecule has 0 radical (unpaired) electrons. The van der Waals surface area contributed by atoms with Crippen LogP contribution in [0.4, 0.5) is 11.4 Å². The SMILES string of the molecule is CC1CCc2ccccc2N1C(=O)CSC1=Nc2ccccc2CS1. The predicted octanol–water partition coefficient (Wildman–Crippen LogP) is 5.02. The number of hydrogen-bond donors (Lipinski definition) is 0. The molecule has 3 nitrogen and oxygen atoms in total. The molecule has 2 aromatic rings. The van der Waals surface area contributed by atoms with E-state index in [-0.39, 0.29) is 11.9 Å². The van der Waals surface area contributed by atoms with Crippen LogP contribution >= 0.6 is 23.5 Å². The van der Waals surface area contributed by atoms with Crippen LogP contribution in [0.5, 0.6) is 0 Å². The summed E-state index contributed by atoms with van der Waals surface area (Å²) in [7, 11) is 0. The van der Waals surface area contributed by atoms with E-state index in [9.17, 15) is 4.79 Å². The molecule has 5 heteroatoms. The van der Waals surface area contributed by atoms with Crippen LogP contribution in [0.25, 0.3) is 0 Å². The highest BCUT2D eigenvalue weighted by Gasteiger charge is 2.28. The number of nitrogens with zero attached hydrogens (tertiary/aromatic N) is 2. The van der Waals surface area contributed by atoms with Crippen molar-refractivity contribution in [1.29, 1.82) is 0 Å². The Kier molecular flexibility index (Phi) is 4.86. The minimum atomic E-state index is 0.173. The molecule has 0 saturated carbocycles. The molecule has 0 aromatic heterocycles. The predicted molar refractivity (Wildman–Crippen MR) is 109 cm³/mol. The summed E-state index contributed by atoms with van der Waals surface area (Å²) in [5, 5.41) is 0. The standard InChI is InChI=1S/C20H20N2OS2/c1-14-10-11-15-6-3-5-9-18(15)22(14)19(23)13-25-20-21-17-8-4-2-7-16(17)12-24-20/h2-9,14H,10-13H2,1H3.